The molecule has 0 heterocycles. The van der Waals surface area contributed by atoms with Gasteiger partial charge in [0.2, 0.25) is 0 Å². The van der Waals surface area contributed by atoms with Gasteiger partial charge in [-0.05, 0) is 31.9 Å². The van der Waals surface area contributed by atoms with Gasteiger partial charge in [0.15, 0.2) is 6.29 Å². The van der Waals surface area contributed by atoms with Gasteiger partial charge in [-0.25, -0.2) is 9.59 Å². The molecule has 0 aliphatic rings. The SMILES string of the molecule is CCCCOC(=O)c1ccccc1C(=O)OC(C)OCCCC. The van der Waals surface area contributed by atoms with Crippen LogP contribution < -0.4 is 0 Å². The number of carbonyl (C=O) groups excluding carboxylic acids is 2. The second kappa shape index (κ2) is 10.8. The smallest absolute Gasteiger partial charge is 0.341 e. The minimum Gasteiger partial charge on any atom is -0.462 e. The fraction of sp³-hybridized carbons (Fsp3) is 0.556. The van der Waals surface area contributed by atoms with E-state index in [1.807, 2.05) is 6.92 Å². The molecule has 5 nitrogen and oxygen atoms in total. The van der Waals surface area contributed by atoms with Gasteiger partial charge in [-0.15, -0.1) is 0 Å². The molecule has 0 radical (unpaired) electrons. The summed E-state index contributed by atoms with van der Waals surface area (Å²) in [6.07, 6.45) is 2.98. The zero-order chi connectivity index (χ0) is 17.1. The van der Waals surface area contributed by atoms with E-state index in [-0.39, 0.29) is 11.1 Å². The number of unbranched alkanes of at least 4 members (excludes halogenated alkanes) is 2. The highest BCUT2D eigenvalue weighted by atomic mass is 16.7. The third kappa shape index (κ3) is 6.82. The Morgan fingerprint density at radius 1 is 0.957 bits per heavy atom. The molecule has 1 atom stereocenters. The predicted octanol–water partition coefficient (Wildman–Crippen LogP) is 3.96. The molecule has 0 bridgehead atoms. The van der Waals surface area contributed by atoms with Crippen molar-refractivity contribution in [3.8, 4) is 0 Å². The molecule has 0 spiro atoms. The van der Waals surface area contributed by atoms with Crippen molar-refractivity contribution in [3.05, 3.63) is 35.4 Å². The molecule has 0 amide bonds. The van der Waals surface area contributed by atoms with Crippen LogP contribution in [0.5, 0.6) is 0 Å². The van der Waals surface area contributed by atoms with Crippen LogP contribution in [0.1, 0.15) is 67.2 Å². The van der Waals surface area contributed by atoms with Crippen molar-refractivity contribution in [2.75, 3.05) is 13.2 Å². The molecule has 0 aliphatic carbocycles. The van der Waals surface area contributed by atoms with E-state index < -0.39 is 18.2 Å². The highest BCUT2D eigenvalue weighted by molar-refractivity contribution is 6.03. The van der Waals surface area contributed by atoms with Gasteiger partial charge in [-0.1, -0.05) is 38.8 Å². The highest BCUT2D eigenvalue weighted by Gasteiger charge is 2.20. The summed E-state index contributed by atoms with van der Waals surface area (Å²) in [6, 6.07) is 6.49. The molecule has 128 valence electrons. The first-order chi connectivity index (χ1) is 11.1. The van der Waals surface area contributed by atoms with Crippen molar-refractivity contribution in [2.45, 2.75) is 52.7 Å². The van der Waals surface area contributed by atoms with Crippen molar-refractivity contribution in [1.29, 1.82) is 0 Å². The maximum absolute atomic E-state index is 12.2. The average Bonchev–Trinajstić information content (AvgIpc) is 2.55. The second-order valence-electron chi connectivity index (χ2n) is 5.23. The van der Waals surface area contributed by atoms with Crippen LogP contribution in [0, 0.1) is 0 Å². The van der Waals surface area contributed by atoms with E-state index in [1.54, 1.807) is 31.2 Å². The number of benzene rings is 1. The normalized spacial score (nSPS) is 11.8. The first-order valence-electron chi connectivity index (χ1n) is 8.18. The number of ether oxygens (including phenoxy) is 3. The summed E-state index contributed by atoms with van der Waals surface area (Å²) in [7, 11) is 0. The topological polar surface area (TPSA) is 61.8 Å². The zero-order valence-corrected chi connectivity index (χ0v) is 14.2. The van der Waals surface area contributed by atoms with Gasteiger partial charge in [0, 0.05) is 0 Å². The summed E-state index contributed by atoms with van der Waals surface area (Å²) in [5, 5.41) is 0. The van der Waals surface area contributed by atoms with Crippen LogP contribution >= 0.6 is 0 Å². The largest absolute Gasteiger partial charge is 0.462 e. The molecule has 23 heavy (non-hydrogen) atoms. The van der Waals surface area contributed by atoms with E-state index in [4.69, 9.17) is 14.2 Å². The van der Waals surface area contributed by atoms with Crippen LogP contribution in [0.3, 0.4) is 0 Å². The van der Waals surface area contributed by atoms with Gasteiger partial charge in [0.25, 0.3) is 0 Å². The Balaban J connectivity index is 2.67. The number of esters is 2. The molecule has 0 N–H and O–H groups in total. The number of hydrogen-bond donors (Lipinski definition) is 0. The minimum absolute atomic E-state index is 0.194. The van der Waals surface area contributed by atoms with Crippen molar-refractivity contribution in [1.82, 2.24) is 0 Å². The Kier molecular flexibility index (Phi) is 8.98. The molecular formula is C18H26O5. The average molecular weight is 322 g/mol. The summed E-state index contributed by atoms with van der Waals surface area (Å²) in [5.74, 6) is -1.09. The molecule has 0 saturated carbocycles. The van der Waals surface area contributed by atoms with Crippen LogP contribution in [-0.4, -0.2) is 31.4 Å². The summed E-state index contributed by atoms with van der Waals surface area (Å²) in [5.41, 5.74) is 0.411. The van der Waals surface area contributed by atoms with E-state index in [2.05, 4.69) is 6.92 Å². The van der Waals surface area contributed by atoms with Crippen LogP contribution in [0.15, 0.2) is 24.3 Å². The van der Waals surface area contributed by atoms with Crippen molar-refractivity contribution in [2.24, 2.45) is 0 Å². The highest BCUT2D eigenvalue weighted by Crippen LogP contribution is 2.14. The Hall–Kier alpha value is -1.88. The standard InChI is InChI=1S/C18H26O5/c1-4-6-12-21-14(3)23-18(20)16-11-9-8-10-15(16)17(19)22-13-7-5-2/h8-11,14H,4-7,12-13H2,1-3H3. The van der Waals surface area contributed by atoms with Crippen molar-refractivity contribution < 1.29 is 23.8 Å². The first-order valence-corrected chi connectivity index (χ1v) is 8.18. The fourth-order valence-corrected chi connectivity index (χ4v) is 1.87. The summed E-state index contributed by atoms with van der Waals surface area (Å²) in [6.45, 7) is 6.61. The summed E-state index contributed by atoms with van der Waals surface area (Å²) >= 11 is 0. The lowest BCUT2D eigenvalue weighted by Gasteiger charge is -2.15. The molecule has 0 saturated heterocycles. The Morgan fingerprint density at radius 3 is 2.13 bits per heavy atom. The van der Waals surface area contributed by atoms with Crippen molar-refractivity contribution >= 4 is 11.9 Å². The van der Waals surface area contributed by atoms with Crippen molar-refractivity contribution in [3.63, 3.8) is 0 Å². The maximum atomic E-state index is 12.2. The second-order valence-corrected chi connectivity index (χ2v) is 5.23. The Labute approximate surface area is 137 Å². The van der Waals surface area contributed by atoms with Crippen LogP contribution in [0.4, 0.5) is 0 Å². The van der Waals surface area contributed by atoms with Crippen LogP contribution in [-0.2, 0) is 14.2 Å². The van der Waals surface area contributed by atoms with Gasteiger partial charge >= 0.3 is 11.9 Å². The molecule has 0 aromatic heterocycles. The van der Waals surface area contributed by atoms with E-state index >= 15 is 0 Å². The lowest BCUT2D eigenvalue weighted by molar-refractivity contribution is -0.0985. The van der Waals surface area contributed by atoms with Gasteiger partial charge in [-0.2, -0.15) is 0 Å². The van der Waals surface area contributed by atoms with Gasteiger partial charge in [-0.3, -0.25) is 0 Å². The lowest BCUT2D eigenvalue weighted by atomic mass is 10.1. The number of carbonyl (C=O) groups is 2. The molecule has 0 aliphatic heterocycles. The molecule has 1 aromatic carbocycles. The predicted molar refractivity (Wildman–Crippen MR) is 87.4 cm³/mol. The zero-order valence-electron chi connectivity index (χ0n) is 14.2. The minimum atomic E-state index is -0.654. The molecule has 5 heteroatoms. The summed E-state index contributed by atoms with van der Waals surface area (Å²) in [4.78, 5) is 24.3. The van der Waals surface area contributed by atoms with Gasteiger partial charge in [0.05, 0.1) is 24.3 Å². The van der Waals surface area contributed by atoms with Gasteiger partial charge < -0.3 is 14.2 Å². The van der Waals surface area contributed by atoms with Crippen LogP contribution in [0.25, 0.3) is 0 Å². The Morgan fingerprint density at radius 2 is 1.52 bits per heavy atom. The molecular weight excluding hydrogens is 296 g/mol. The molecule has 1 aromatic rings. The quantitative estimate of drug-likeness (QED) is 0.370. The fourth-order valence-electron chi connectivity index (χ4n) is 1.87. The third-order valence-electron chi connectivity index (χ3n) is 3.22. The van der Waals surface area contributed by atoms with E-state index in [0.29, 0.717) is 13.2 Å². The molecule has 1 unspecified atom stereocenters. The Bertz CT molecular complexity index is 498. The van der Waals surface area contributed by atoms with E-state index in [1.165, 1.54) is 0 Å². The number of hydrogen-bond acceptors (Lipinski definition) is 5. The summed E-state index contributed by atoms with van der Waals surface area (Å²) < 4.78 is 15.8. The lowest BCUT2D eigenvalue weighted by Crippen LogP contribution is -2.21. The number of rotatable bonds is 10. The molecule has 1 rings (SSSR count). The third-order valence-corrected chi connectivity index (χ3v) is 3.22. The first kappa shape index (κ1) is 19.2. The van der Waals surface area contributed by atoms with Crippen LogP contribution in [0.2, 0.25) is 0 Å². The van der Waals surface area contributed by atoms with E-state index in [0.717, 1.165) is 25.7 Å². The maximum Gasteiger partial charge on any atom is 0.341 e. The van der Waals surface area contributed by atoms with E-state index in [9.17, 15) is 9.59 Å². The van der Waals surface area contributed by atoms with Gasteiger partial charge in [0.1, 0.15) is 0 Å². The molecule has 0 fully saturated rings. The monoisotopic (exact) mass is 322 g/mol.